The molecule has 2 unspecified atom stereocenters. The van der Waals surface area contributed by atoms with Gasteiger partial charge < -0.3 is 10.0 Å². The van der Waals surface area contributed by atoms with Gasteiger partial charge in [0.1, 0.15) is 0 Å². The summed E-state index contributed by atoms with van der Waals surface area (Å²) < 4.78 is 0. The second kappa shape index (κ2) is 5.67. The zero-order chi connectivity index (χ0) is 12.3. The summed E-state index contributed by atoms with van der Waals surface area (Å²) in [5, 5.41) is 8.97. The Morgan fingerprint density at radius 2 is 2.00 bits per heavy atom. The molecule has 0 bridgehead atoms. The maximum atomic E-state index is 10.9. The summed E-state index contributed by atoms with van der Waals surface area (Å²) >= 11 is 0. The highest BCUT2D eigenvalue weighted by Crippen LogP contribution is 2.32. The molecule has 2 atom stereocenters. The summed E-state index contributed by atoms with van der Waals surface area (Å²) in [6.07, 6.45) is 1.47. The van der Waals surface area contributed by atoms with E-state index in [0.29, 0.717) is 30.2 Å². The van der Waals surface area contributed by atoms with Crippen LogP contribution >= 0.6 is 0 Å². The number of hydrogen-bond acceptors (Lipinski definition) is 2. The molecule has 0 aromatic heterocycles. The minimum atomic E-state index is -0.652. The van der Waals surface area contributed by atoms with Crippen LogP contribution in [0, 0.1) is 17.8 Å². The van der Waals surface area contributed by atoms with Crippen LogP contribution in [0.4, 0.5) is 0 Å². The third kappa shape index (κ3) is 3.48. The Bertz CT molecular complexity index is 238. The summed E-state index contributed by atoms with van der Waals surface area (Å²) in [7, 11) is 0. The molecule has 1 aliphatic heterocycles. The lowest BCUT2D eigenvalue weighted by Crippen LogP contribution is -2.45. The van der Waals surface area contributed by atoms with Crippen LogP contribution in [0.5, 0.6) is 0 Å². The fourth-order valence-electron chi connectivity index (χ4n) is 2.87. The second-order valence-electron chi connectivity index (χ2n) is 5.64. The van der Waals surface area contributed by atoms with E-state index < -0.39 is 5.97 Å². The van der Waals surface area contributed by atoms with Crippen molar-refractivity contribution in [3.8, 4) is 0 Å². The second-order valence-corrected chi connectivity index (χ2v) is 5.64. The van der Waals surface area contributed by atoms with Crippen molar-refractivity contribution in [3.63, 3.8) is 0 Å². The van der Waals surface area contributed by atoms with Crippen LogP contribution < -0.4 is 0 Å². The van der Waals surface area contributed by atoms with E-state index in [-0.39, 0.29) is 0 Å². The average Bonchev–Trinajstić information content (AvgIpc) is 2.15. The first kappa shape index (κ1) is 13.5. The topological polar surface area (TPSA) is 40.5 Å². The van der Waals surface area contributed by atoms with Crippen molar-refractivity contribution in [2.45, 2.75) is 46.6 Å². The number of rotatable bonds is 4. The standard InChI is InChI=1S/C13H25NO2/c1-9(2)12-5-6-14(10(3)4)8-11(12)7-13(15)16/h9-12H,5-8H2,1-4H3,(H,15,16). The Morgan fingerprint density at radius 3 is 2.44 bits per heavy atom. The van der Waals surface area contributed by atoms with E-state index in [1.54, 1.807) is 0 Å². The maximum Gasteiger partial charge on any atom is 0.303 e. The molecule has 1 fully saturated rings. The van der Waals surface area contributed by atoms with Gasteiger partial charge in [-0.3, -0.25) is 4.79 Å². The molecule has 0 radical (unpaired) electrons. The van der Waals surface area contributed by atoms with E-state index in [4.69, 9.17) is 5.11 Å². The molecule has 3 heteroatoms. The van der Waals surface area contributed by atoms with E-state index in [1.807, 2.05) is 0 Å². The van der Waals surface area contributed by atoms with E-state index in [9.17, 15) is 4.79 Å². The Balaban J connectivity index is 2.65. The predicted octanol–water partition coefficient (Wildman–Crippen LogP) is 2.46. The molecule has 1 heterocycles. The molecule has 1 rings (SSSR count). The number of aliphatic carboxylic acids is 1. The summed E-state index contributed by atoms with van der Waals surface area (Å²) in [5.74, 6) is 0.847. The molecule has 1 aliphatic rings. The van der Waals surface area contributed by atoms with Crippen LogP contribution in [0.15, 0.2) is 0 Å². The summed E-state index contributed by atoms with van der Waals surface area (Å²) in [5.41, 5.74) is 0. The smallest absolute Gasteiger partial charge is 0.303 e. The number of nitrogens with zero attached hydrogens (tertiary/aromatic N) is 1. The molecule has 16 heavy (non-hydrogen) atoms. The van der Waals surface area contributed by atoms with Crippen molar-refractivity contribution in [1.29, 1.82) is 0 Å². The third-order valence-corrected chi connectivity index (χ3v) is 3.85. The molecule has 0 aromatic rings. The first-order valence-electron chi connectivity index (χ1n) is 6.37. The zero-order valence-corrected chi connectivity index (χ0v) is 10.9. The van der Waals surface area contributed by atoms with Gasteiger partial charge in [0.15, 0.2) is 0 Å². The average molecular weight is 227 g/mol. The van der Waals surface area contributed by atoms with E-state index in [2.05, 4.69) is 32.6 Å². The van der Waals surface area contributed by atoms with Crippen LogP contribution in [0.1, 0.15) is 40.5 Å². The monoisotopic (exact) mass is 227 g/mol. The van der Waals surface area contributed by atoms with E-state index in [1.165, 1.54) is 0 Å². The molecular formula is C13H25NO2. The third-order valence-electron chi connectivity index (χ3n) is 3.85. The van der Waals surface area contributed by atoms with Gasteiger partial charge in [-0.25, -0.2) is 0 Å². The highest BCUT2D eigenvalue weighted by atomic mass is 16.4. The number of hydrogen-bond donors (Lipinski definition) is 1. The number of piperidine rings is 1. The van der Waals surface area contributed by atoms with Gasteiger partial charge in [0.05, 0.1) is 0 Å². The maximum absolute atomic E-state index is 10.9. The lowest BCUT2D eigenvalue weighted by molar-refractivity contribution is -0.139. The quantitative estimate of drug-likeness (QED) is 0.802. The molecule has 0 aromatic carbocycles. The molecule has 0 amide bonds. The lowest BCUT2D eigenvalue weighted by Gasteiger charge is -2.41. The summed E-state index contributed by atoms with van der Waals surface area (Å²) in [6, 6.07) is 0.532. The van der Waals surface area contributed by atoms with Gasteiger partial charge in [0, 0.05) is 19.0 Å². The summed E-state index contributed by atoms with van der Waals surface area (Å²) in [4.78, 5) is 13.3. The largest absolute Gasteiger partial charge is 0.481 e. The first-order chi connectivity index (χ1) is 7.41. The molecule has 0 saturated carbocycles. The predicted molar refractivity (Wildman–Crippen MR) is 65.4 cm³/mol. The molecule has 1 N–H and O–H groups in total. The number of carbonyl (C=O) groups is 1. The van der Waals surface area contributed by atoms with Crippen molar-refractivity contribution < 1.29 is 9.90 Å². The Labute approximate surface area is 98.8 Å². The van der Waals surface area contributed by atoms with E-state index >= 15 is 0 Å². The fraction of sp³-hybridized carbons (Fsp3) is 0.923. The first-order valence-corrected chi connectivity index (χ1v) is 6.37. The minimum Gasteiger partial charge on any atom is -0.481 e. The van der Waals surface area contributed by atoms with Crippen molar-refractivity contribution in [2.24, 2.45) is 17.8 Å². The van der Waals surface area contributed by atoms with Gasteiger partial charge in [-0.1, -0.05) is 13.8 Å². The van der Waals surface area contributed by atoms with Gasteiger partial charge in [-0.2, -0.15) is 0 Å². The zero-order valence-electron chi connectivity index (χ0n) is 10.9. The van der Waals surface area contributed by atoms with Gasteiger partial charge in [0.25, 0.3) is 0 Å². The van der Waals surface area contributed by atoms with Gasteiger partial charge in [-0.15, -0.1) is 0 Å². The Hall–Kier alpha value is -0.570. The normalized spacial score (nSPS) is 27.6. The molecule has 0 spiro atoms. The van der Waals surface area contributed by atoms with Crippen LogP contribution in [0.25, 0.3) is 0 Å². The molecule has 0 aliphatic carbocycles. The van der Waals surface area contributed by atoms with Crippen molar-refractivity contribution in [2.75, 3.05) is 13.1 Å². The van der Waals surface area contributed by atoms with Crippen LogP contribution in [0.3, 0.4) is 0 Å². The molecule has 3 nitrogen and oxygen atoms in total. The number of carboxylic acid groups (broad SMARTS) is 1. The van der Waals surface area contributed by atoms with Gasteiger partial charge in [0.2, 0.25) is 0 Å². The van der Waals surface area contributed by atoms with Crippen molar-refractivity contribution >= 4 is 5.97 Å². The van der Waals surface area contributed by atoms with E-state index in [0.717, 1.165) is 19.5 Å². The molecular weight excluding hydrogens is 202 g/mol. The van der Waals surface area contributed by atoms with Crippen LogP contribution in [0.2, 0.25) is 0 Å². The summed E-state index contributed by atoms with van der Waals surface area (Å²) in [6.45, 7) is 10.9. The van der Waals surface area contributed by atoms with Gasteiger partial charge in [-0.05, 0) is 44.6 Å². The fourth-order valence-corrected chi connectivity index (χ4v) is 2.87. The van der Waals surface area contributed by atoms with Crippen LogP contribution in [-0.2, 0) is 4.79 Å². The SMILES string of the molecule is CC(C)C1CCN(C(C)C)CC1CC(=O)O. The number of carboxylic acids is 1. The minimum absolute atomic E-state index is 0.325. The molecule has 1 saturated heterocycles. The van der Waals surface area contributed by atoms with Crippen molar-refractivity contribution in [1.82, 2.24) is 4.90 Å². The number of likely N-dealkylation sites (tertiary alicyclic amines) is 1. The van der Waals surface area contributed by atoms with Crippen LogP contribution in [-0.4, -0.2) is 35.1 Å². The highest BCUT2D eigenvalue weighted by molar-refractivity contribution is 5.67. The Morgan fingerprint density at radius 1 is 1.38 bits per heavy atom. The van der Waals surface area contributed by atoms with Gasteiger partial charge >= 0.3 is 5.97 Å². The molecule has 94 valence electrons. The van der Waals surface area contributed by atoms with Crippen molar-refractivity contribution in [3.05, 3.63) is 0 Å². The Kier molecular flexibility index (Phi) is 4.78. The lowest BCUT2D eigenvalue weighted by atomic mass is 9.76. The highest BCUT2D eigenvalue weighted by Gasteiger charge is 2.33.